The topological polar surface area (TPSA) is 116 Å². The molecule has 2 atom stereocenters. The van der Waals surface area contributed by atoms with E-state index < -0.39 is 5.97 Å². The van der Waals surface area contributed by atoms with Crippen LogP contribution in [0.2, 0.25) is 0 Å². The van der Waals surface area contributed by atoms with Gasteiger partial charge in [-0.1, -0.05) is 5.21 Å². The van der Waals surface area contributed by atoms with Crippen molar-refractivity contribution in [3.63, 3.8) is 0 Å². The van der Waals surface area contributed by atoms with Crippen LogP contribution >= 0.6 is 0 Å². The highest BCUT2D eigenvalue weighted by Crippen LogP contribution is 2.30. The van der Waals surface area contributed by atoms with Crippen LogP contribution < -0.4 is 10.5 Å². The van der Waals surface area contributed by atoms with Crippen molar-refractivity contribution in [3.05, 3.63) is 23.5 Å². The Hall–Kier alpha value is -2.48. The SMILES string of the molecule is Cc1nc(-c2nnn(C)c2CCN)ccc1OC1CCC[C@H](C(=O)O)C1. The Morgan fingerprint density at radius 1 is 1.42 bits per heavy atom. The summed E-state index contributed by atoms with van der Waals surface area (Å²) >= 11 is 0. The molecule has 26 heavy (non-hydrogen) atoms. The van der Waals surface area contributed by atoms with Gasteiger partial charge in [-0.2, -0.15) is 0 Å². The average molecular weight is 359 g/mol. The number of hydrogen-bond acceptors (Lipinski definition) is 6. The van der Waals surface area contributed by atoms with E-state index in [0.717, 1.165) is 42.0 Å². The van der Waals surface area contributed by atoms with Crippen LogP contribution in [-0.4, -0.2) is 43.7 Å². The summed E-state index contributed by atoms with van der Waals surface area (Å²) in [4.78, 5) is 15.8. The number of aryl methyl sites for hydroxylation is 2. The minimum absolute atomic E-state index is 0.0829. The van der Waals surface area contributed by atoms with Crippen molar-refractivity contribution in [3.8, 4) is 17.1 Å². The summed E-state index contributed by atoms with van der Waals surface area (Å²) < 4.78 is 7.77. The number of nitrogens with two attached hydrogens (primary N) is 1. The van der Waals surface area contributed by atoms with Gasteiger partial charge in [-0.05, 0) is 51.3 Å². The number of pyridine rings is 1. The van der Waals surface area contributed by atoms with Crippen LogP contribution in [0.25, 0.3) is 11.4 Å². The van der Waals surface area contributed by atoms with E-state index in [1.807, 2.05) is 26.1 Å². The third kappa shape index (κ3) is 3.85. The van der Waals surface area contributed by atoms with Crippen LogP contribution in [-0.2, 0) is 18.3 Å². The molecule has 1 aliphatic rings. The Bertz CT molecular complexity index is 789. The fourth-order valence-electron chi connectivity index (χ4n) is 3.45. The fraction of sp³-hybridized carbons (Fsp3) is 0.556. The quantitative estimate of drug-likeness (QED) is 0.806. The fourth-order valence-corrected chi connectivity index (χ4v) is 3.45. The van der Waals surface area contributed by atoms with Gasteiger partial charge < -0.3 is 15.6 Å². The molecule has 0 radical (unpaired) electrons. The highest BCUT2D eigenvalue weighted by molar-refractivity contribution is 5.70. The molecule has 2 heterocycles. The van der Waals surface area contributed by atoms with Gasteiger partial charge in [0.05, 0.1) is 29.1 Å². The lowest BCUT2D eigenvalue weighted by molar-refractivity contribution is -0.143. The Morgan fingerprint density at radius 3 is 2.92 bits per heavy atom. The second-order valence-corrected chi connectivity index (χ2v) is 6.77. The third-order valence-corrected chi connectivity index (χ3v) is 4.87. The van der Waals surface area contributed by atoms with Crippen molar-refractivity contribution in [2.45, 2.75) is 45.1 Å². The van der Waals surface area contributed by atoms with E-state index in [1.54, 1.807) is 4.68 Å². The number of rotatable bonds is 6. The molecular formula is C18H25N5O3. The lowest BCUT2D eigenvalue weighted by Gasteiger charge is -2.27. The number of carboxylic acid groups (broad SMARTS) is 1. The smallest absolute Gasteiger partial charge is 0.306 e. The molecule has 0 bridgehead atoms. The Balaban J connectivity index is 1.77. The Kier molecular flexibility index (Phi) is 5.51. The van der Waals surface area contributed by atoms with E-state index in [1.165, 1.54) is 0 Å². The summed E-state index contributed by atoms with van der Waals surface area (Å²) in [6.07, 6.45) is 3.60. The van der Waals surface area contributed by atoms with Crippen LogP contribution in [0.3, 0.4) is 0 Å². The maximum atomic E-state index is 11.2. The molecule has 1 fully saturated rings. The molecule has 3 N–H and O–H groups in total. The predicted molar refractivity (Wildman–Crippen MR) is 95.7 cm³/mol. The van der Waals surface area contributed by atoms with Crippen molar-refractivity contribution >= 4 is 5.97 Å². The van der Waals surface area contributed by atoms with Gasteiger partial charge in [0.2, 0.25) is 0 Å². The van der Waals surface area contributed by atoms with Gasteiger partial charge >= 0.3 is 5.97 Å². The van der Waals surface area contributed by atoms with Crippen LogP contribution in [0, 0.1) is 12.8 Å². The van der Waals surface area contributed by atoms with E-state index in [2.05, 4.69) is 15.3 Å². The van der Waals surface area contributed by atoms with Gasteiger partial charge in [0.25, 0.3) is 0 Å². The first kappa shape index (κ1) is 18.3. The first-order valence-corrected chi connectivity index (χ1v) is 8.95. The molecule has 8 nitrogen and oxygen atoms in total. The zero-order valence-electron chi connectivity index (χ0n) is 15.2. The van der Waals surface area contributed by atoms with Crippen molar-refractivity contribution < 1.29 is 14.6 Å². The second-order valence-electron chi connectivity index (χ2n) is 6.77. The zero-order valence-corrected chi connectivity index (χ0v) is 15.2. The van der Waals surface area contributed by atoms with Crippen molar-refractivity contribution in [1.29, 1.82) is 0 Å². The van der Waals surface area contributed by atoms with E-state index in [0.29, 0.717) is 25.1 Å². The zero-order chi connectivity index (χ0) is 18.7. The molecule has 1 unspecified atom stereocenters. The largest absolute Gasteiger partial charge is 0.489 e. The van der Waals surface area contributed by atoms with Gasteiger partial charge in [0, 0.05) is 13.5 Å². The minimum Gasteiger partial charge on any atom is -0.489 e. The maximum absolute atomic E-state index is 11.2. The molecule has 0 aromatic carbocycles. The van der Waals surface area contributed by atoms with E-state index in [9.17, 15) is 9.90 Å². The molecule has 3 rings (SSSR count). The number of carboxylic acids is 1. The van der Waals surface area contributed by atoms with Gasteiger partial charge in [0.1, 0.15) is 11.4 Å². The van der Waals surface area contributed by atoms with Gasteiger partial charge in [0.15, 0.2) is 0 Å². The number of ether oxygens (including phenoxy) is 1. The number of aliphatic carboxylic acids is 1. The summed E-state index contributed by atoms with van der Waals surface area (Å²) in [5.74, 6) is -0.368. The first-order valence-electron chi connectivity index (χ1n) is 8.95. The van der Waals surface area contributed by atoms with E-state index >= 15 is 0 Å². The number of hydrogen-bond donors (Lipinski definition) is 2. The van der Waals surface area contributed by atoms with Crippen molar-refractivity contribution in [2.24, 2.45) is 18.7 Å². The van der Waals surface area contributed by atoms with Gasteiger partial charge in [-0.3, -0.25) is 9.48 Å². The first-order chi connectivity index (χ1) is 12.5. The summed E-state index contributed by atoms with van der Waals surface area (Å²) in [5.41, 5.74) is 8.85. The highest BCUT2D eigenvalue weighted by Gasteiger charge is 2.28. The molecule has 0 spiro atoms. The van der Waals surface area contributed by atoms with Gasteiger partial charge in [-0.25, -0.2) is 4.98 Å². The molecule has 1 aliphatic carbocycles. The number of aromatic nitrogens is 4. The summed E-state index contributed by atoms with van der Waals surface area (Å²) in [6, 6.07) is 3.74. The normalized spacial score (nSPS) is 20.1. The summed E-state index contributed by atoms with van der Waals surface area (Å²) in [7, 11) is 1.84. The van der Waals surface area contributed by atoms with E-state index in [4.69, 9.17) is 10.5 Å². The van der Waals surface area contributed by atoms with Crippen LogP contribution in [0.4, 0.5) is 0 Å². The monoisotopic (exact) mass is 359 g/mol. The molecule has 2 aromatic heterocycles. The molecule has 8 heteroatoms. The molecule has 1 saturated carbocycles. The van der Waals surface area contributed by atoms with Crippen molar-refractivity contribution in [2.75, 3.05) is 6.54 Å². The van der Waals surface area contributed by atoms with E-state index in [-0.39, 0.29) is 12.0 Å². The lowest BCUT2D eigenvalue weighted by Crippen LogP contribution is -2.29. The maximum Gasteiger partial charge on any atom is 0.306 e. The van der Waals surface area contributed by atoms with Crippen LogP contribution in [0.15, 0.2) is 12.1 Å². The number of nitrogens with zero attached hydrogens (tertiary/aromatic N) is 4. The average Bonchev–Trinajstić information content (AvgIpc) is 2.98. The summed E-state index contributed by atoms with van der Waals surface area (Å²) in [5, 5.41) is 17.5. The van der Waals surface area contributed by atoms with Crippen molar-refractivity contribution in [1.82, 2.24) is 20.0 Å². The Morgan fingerprint density at radius 2 is 2.23 bits per heavy atom. The molecule has 0 saturated heterocycles. The van der Waals surface area contributed by atoms with Crippen LogP contribution in [0.5, 0.6) is 5.75 Å². The molecule has 0 aliphatic heterocycles. The summed E-state index contributed by atoms with van der Waals surface area (Å²) in [6.45, 7) is 2.40. The molecule has 0 amide bonds. The Labute approximate surface area is 152 Å². The lowest BCUT2D eigenvalue weighted by atomic mass is 9.87. The highest BCUT2D eigenvalue weighted by atomic mass is 16.5. The van der Waals surface area contributed by atoms with Gasteiger partial charge in [-0.15, -0.1) is 5.10 Å². The predicted octanol–water partition coefficient (Wildman–Crippen LogP) is 1.71. The molecular weight excluding hydrogens is 334 g/mol. The standard InChI is InChI=1S/C18H25N5O3/c1-11-16(26-13-5-3-4-12(10-13)18(24)25)7-6-14(20-11)17-15(8-9-19)23(2)22-21-17/h6-7,12-13H,3-5,8-10,19H2,1-2H3,(H,24,25)/t12-,13?/m0/s1. The molecule has 2 aromatic rings. The second kappa shape index (κ2) is 7.82. The molecule has 140 valence electrons. The number of carbonyl (C=O) groups is 1. The minimum atomic E-state index is -0.737. The van der Waals surface area contributed by atoms with Crippen LogP contribution in [0.1, 0.15) is 37.1 Å². The third-order valence-electron chi connectivity index (χ3n) is 4.87.